The minimum absolute atomic E-state index is 0.166. The van der Waals surface area contributed by atoms with Crippen LogP contribution in [0.4, 0.5) is 5.69 Å². The van der Waals surface area contributed by atoms with Crippen LogP contribution in [0.1, 0.15) is 12.8 Å². The molecule has 3 rings (SSSR count). The number of hydrogen-bond acceptors (Lipinski definition) is 4. The van der Waals surface area contributed by atoms with E-state index in [1.54, 1.807) is 36.4 Å². The molecular formula is C18H16N2O4. The van der Waals surface area contributed by atoms with Gasteiger partial charge in [-0.2, -0.15) is 0 Å². The van der Waals surface area contributed by atoms with Gasteiger partial charge in [0.05, 0.1) is 5.69 Å². The third-order valence-corrected chi connectivity index (χ3v) is 3.59. The Morgan fingerprint density at radius 2 is 1.58 bits per heavy atom. The maximum atomic E-state index is 12.2. The number of carbonyl (C=O) groups excluding carboxylic acids is 3. The van der Waals surface area contributed by atoms with Crippen molar-refractivity contribution in [3.63, 3.8) is 0 Å². The molecule has 6 nitrogen and oxygen atoms in total. The Labute approximate surface area is 139 Å². The summed E-state index contributed by atoms with van der Waals surface area (Å²) in [5, 5.41) is 2.69. The topological polar surface area (TPSA) is 75.7 Å². The second-order valence-corrected chi connectivity index (χ2v) is 5.33. The van der Waals surface area contributed by atoms with E-state index in [1.165, 1.54) is 0 Å². The molecule has 2 aromatic carbocycles. The Kier molecular flexibility index (Phi) is 4.56. The zero-order valence-corrected chi connectivity index (χ0v) is 12.9. The Morgan fingerprint density at radius 3 is 2.29 bits per heavy atom. The van der Waals surface area contributed by atoms with E-state index in [9.17, 15) is 14.4 Å². The third kappa shape index (κ3) is 3.60. The van der Waals surface area contributed by atoms with Crippen LogP contribution in [0.25, 0.3) is 0 Å². The highest BCUT2D eigenvalue weighted by Crippen LogP contribution is 2.29. The molecule has 0 aliphatic carbocycles. The fraction of sp³-hybridized carbons (Fsp3) is 0.167. The molecule has 0 atom stereocenters. The first-order valence-electron chi connectivity index (χ1n) is 7.58. The van der Waals surface area contributed by atoms with Gasteiger partial charge >= 0.3 is 0 Å². The minimum Gasteiger partial charge on any atom is -0.455 e. The van der Waals surface area contributed by atoms with E-state index < -0.39 is 5.91 Å². The van der Waals surface area contributed by atoms with Crippen molar-refractivity contribution in [2.45, 2.75) is 12.8 Å². The molecule has 2 aromatic rings. The number of rotatable bonds is 5. The molecular weight excluding hydrogens is 308 g/mol. The lowest BCUT2D eigenvalue weighted by Gasteiger charge is -2.15. The number of anilines is 1. The van der Waals surface area contributed by atoms with Gasteiger partial charge in [0.15, 0.2) is 5.75 Å². The first-order chi connectivity index (χ1) is 11.6. The highest BCUT2D eigenvalue weighted by Gasteiger charge is 2.30. The second kappa shape index (κ2) is 6.95. The molecule has 0 unspecified atom stereocenters. The van der Waals surface area contributed by atoms with Gasteiger partial charge in [0.25, 0.3) is 0 Å². The summed E-state index contributed by atoms with van der Waals surface area (Å²) in [7, 11) is 0. The first kappa shape index (κ1) is 15.7. The van der Waals surface area contributed by atoms with Crippen LogP contribution in [-0.4, -0.2) is 29.2 Å². The monoisotopic (exact) mass is 324 g/mol. The van der Waals surface area contributed by atoms with Gasteiger partial charge in [0.1, 0.15) is 12.3 Å². The molecule has 0 spiro atoms. The maximum Gasteiger partial charge on any atom is 0.244 e. The van der Waals surface area contributed by atoms with Crippen molar-refractivity contribution in [1.82, 2.24) is 4.90 Å². The Bertz CT molecular complexity index is 758. The van der Waals surface area contributed by atoms with Gasteiger partial charge < -0.3 is 10.1 Å². The van der Waals surface area contributed by atoms with E-state index in [-0.39, 0.29) is 31.2 Å². The summed E-state index contributed by atoms with van der Waals surface area (Å²) in [6.45, 7) is -0.280. The summed E-state index contributed by atoms with van der Waals surface area (Å²) in [6.07, 6.45) is 0.333. The Balaban J connectivity index is 1.70. The first-order valence-corrected chi connectivity index (χ1v) is 7.58. The maximum absolute atomic E-state index is 12.2. The van der Waals surface area contributed by atoms with Crippen LogP contribution >= 0.6 is 0 Å². The van der Waals surface area contributed by atoms with Crippen LogP contribution in [-0.2, 0) is 14.4 Å². The average molecular weight is 324 g/mol. The standard InChI is InChI=1S/C18H16N2O4/c21-16(12-20-17(22)10-11-18(20)23)19-14-8-4-5-9-15(14)24-13-6-2-1-3-7-13/h1-9H,10-12H2,(H,19,21). The molecule has 0 radical (unpaired) electrons. The molecule has 3 amide bonds. The van der Waals surface area contributed by atoms with Crippen molar-refractivity contribution < 1.29 is 19.1 Å². The molecule has 1 heterocycles. The Morgan fingerprint density at radius 1 is 0.958 bits per heavy atom. The van der Waals surface area contributed by atoms with Crippen molar-refractivity contribution in [3.05, 3.63) is 54.6 Å². The van der Waals surface area contributed by atoms with Gasteiger partial charge in [0.2, 0.25) is 17.7 Å². The number of imide groups is 1. The molecule has 1 N–H and O–H groups in total. The SMILES string of the molecule is O=C(CN1C(=O)CCC1=O)Nc1ccccc1Oc1ccccc1. The van der Waals surface area contributed by atoms with Crippen LogP contribution in [0.2, 0.25) is 0 Å². The predicted molar refractivity (Wildman–Crippen MR) is 87.5 cm³/mol. The van der Waals surface area contributed by atoms with Crippen LogP contribution in [0, 0.1) is 0 Å². The molecule has 0 aromatic heterocycles. The smallest absolute Gasteiger partial charge is 0.244 e. The summed E-state index contributed by atoms with van der Waals surface area (Å²) in [6, 6.07) is 16.2. The van der Waals surface area contributed by atoms with Gasteiger partial charge in [-0.3, -0.25) is 19.3 Å². The van der Waals surface area contributed by atoms with Crippen molar-refractivity contribution >= 4 is 23.4 Å². The third-order valence-electron chi connectivity index (χ3n) is 3.59. The van der Waals surface area contributed by atoms with E-state index in [0.717, 1.165) is 4.90 Å². The summed E-state index contributed by atoms with van der Waals surface area (Å²) in [5.74, 6) is 0.0517. The summed E-state index contributed by atoms with van der Waals surface area (Å²) >= 11 is 0. The number of amides is 3. The fourth-order valence-electron chi connectivity index (χ4n) is 2.41. The normalized spacial score (nSPS) is 13.9. The number of para-hydroxylation sites is 3. The van der Waals surface area contributed by atoms with E-state index in [1.807, 2.05) is 18.2 Å². The zero-order chi connectivity index (χ0) is 16.9. The van der Waals surface area contributed by atoms with Crippen LogP contribution in [0.5, 0.6) is 11.5 Å². The summed E-state index contributed by atoms with van der Waals surface area (Å²) in [5.41, 5.74) is 0.477. The predicted octanol–water partition coefficient (Wildman–Crippen LogP) is 2.57. The van der Waals surface area contributed by atoms with Gasteiger partial charge in [-0.05, 0) is 24.3 Å². The molecule has 6 heteroatoms. The van der Waals surface area contributed by atoms with Crippen LogP contribution in [0.3, 0.4) is 0 Å². The molecule has 0 saturated carbocycles. The van der Waals surface area contributed by atoms with Gasteiger partial charge in [-0.25, -0.2) is 0 Å². The number of ether oxygens (including phenoxy) is 1. The van der Waals surface area contributed by atoms with Crippen molar-refractivity contribution in [2.24, 2.45) is 0 Å². The molecule has 1 aliphatic heterocycles. The van der Waals surface area contributed by atoms with Gasteiger partial charge in [-0.1, -0.05) is 30.3 Å². The quantitative estimate of drug-likeness (QED) is 0.858. The highest BCUT2D eigenvalue weighted by molar-refractivity contribution is 6.06. The Hall–Kier alpha value is -3.15. The number of likely N-dealkylation sites (tertiary alicyclic amines) is 1. The minimum atomic E-state index is -0.442. The van der Waals surface area contributed by atoms with E-state index in [4.69, 9.17) is 4.74 Å². The van der Waals surface area contributed by atoms with E-state index >= 15 is 0 Å². The molecule has 24 heavy (non-hydrogen) atoms. The van der Waals surface area contributed by atoms with E-state index in [0.29, 0.717) is 17.2 Å². The van der Waals surface area contributed by atoms with Crippen LogP contribution < -0.4 is 10.1 Å². The summed E-state index contributed by atoms with van der Waals surface area (Å²) < 4.78 is 5.76. The highest BCUT2D eigenvalue weighted by atomic mass is 16.5. The molecule has 0 bridgehead atoms. The van der Waals surface area contributed by atoms with Gasteiger partial charge in [0, 0.05) is 12.8 Å². The lowest BCUT2D eigenvalue weighted by Crippen LogP contribution is -2.36. The lowest BCUT2D eigenvalue weighted by atomic mass is 10.2. The zero-order valence-electron chi connectivity index (χ0n) is 12.9. The number of nitrogens with zero attached hydrogens (tertiary/aromatic N) is 1. The van der Waals surface area contributed by atoms with Crippen LogP contribution in [0.15, 0.2) is 54.6 Å². The molecule has 1 fully saturated rings. The largest absolute Gasteiger partial charge is 0.455 e. The molecule has 1 aliphatic rings. The number of hydrogen-bond donors (Lipinski definition) is 1. The van der Waals surface area contributed by atoms with Crippen molar-refractivity contribution in [3.8, 4) is 11.5 Å². The number of nitrogens with one attached hydrogen (secondary N) is 1. The molecule has 1 saturated heterocycles. The van der Waals surface area contributed by atoms with Gasteiger partial charge in [-0.15, -0.1) is 0 Å². The molecule has 122 valence electrons. The summed E-state index contributed by atoms with van der Waals surface area (Å²) in [4.78, 5) is 36.3. The van der Waals surface area contributed by atoms with Crippen molar-refractivity contribution in [1.29, 1.82) is 0 Å². The number of benzene rings is 2. The lowest BCUT2D eigenvalue weighted by molar-refractivity contribution is -0.141. The second-order valence-electron chi connectivity index (χ2n) is 5.33. The van der Waals surface area contributed by atoms with Crippen molar-refractivity contribution in [2.75, 3.05) is 11.9 Å². The number of carbonyl (C=O) groups is 3. The average Bonchev–Trinajstić information content (AvgIpc) is 2.89. The fourth-order valence-corrected chi connectivity index (χ4v) is 2.41. The van der Waals surface area contributed by atoms with E-state index in [2.05, 4.69) is 5.32 Å².